The molecule has 40 heavy (non-hydrogen) atoms. The lowest BCUT2D eigenvalue weighted by Crippen LogP contribution is -2.37. The fourth-order valence-corrected chi connectivity index (χ4v) is 3.97. The summed E-state index contributed by atoms with van der Waals surface area (Å²) in [7, 11) is 1.44. The zero-order valence-corrected chi connectivity index (χ0v) is 21.8. The van der Waals surface area contributed by atoms with E-state index < -0.39 is 36.7 Å². The molecule has 1 unspecified atom stereocenters. The van der Waals surface area contributed by atoms with Crippen LogP contribution >= 0.6 is 11.6 Å². The number of rotatable bonds is 9. The largest absolute Gasteiger partial charge is 0.494 e. The summed E-state index contributed by atoms with van der Waals surface area (Å²) in [5.41, 5.74) is 4.92. The van der Waals surface area contributed by atoms with Crippen LogP contribution in [0.25, 0.3) is 17.1 Å². The molecule has 2 aromatic heterocycles. The lowest BCUT2D eigenvalue weighted by atomic mass is 10.2. The zero-order valence-electron chi connectivity index (χ0n) is 21.0. The van der Waals surface area contributed by atoms with Crippen molar-refractivity contribution in [2.45, 2.75) is 38.4 Å². The van der Waals surface area contributed by atoms with Crippen molar-refractivity contribution in [3.05, 3.63) is 75.7 Å². The number of primary amides is 1. The van der Waals surface area contributed by atoms with Crippen LogP contribution in [0.4, 0.5) is 18.0 Å². The quantitative estimate of drug-likeness (QED) is 0.306. The number of hydrogen-bond donors (Lipinski definition) is 2. The Labute approximate surface area is 229 Å². The van der Waals surface area contributed by atoms with Gasteiger partial charge in [0.1, 0.15) is 18.0 Å². The number of aliphatic hydroxyl groups excluding tert-OH is 1. The number of hydrogen-bond acceptors (Lipinski definition) is 8. The van der Waals surface area contributed by atoms with Crippen molar-refractivity contribution in [1.82, 2.24) is 29.1 Å². The summed E-state index contributed by atoms with van der Waals surface area (Å²) >= 11 is 5.92. The molecule has 0 saturated carbocycles. The van der Waals surface area contributed by atoms with Gasteiger partial charge in [0.15, 0.2) is 29.7 Å². The molecule has 0 aliphatic heterocycles. The van der Waals surface area contributed by atoms with Gasteiger partial charge in [0.05, 0.1) is 13.7 Å². The Morgan fingerprint density at radius 3 is 2.45 bits per heavy atom. The highest BCUT2D eigenvalue weighted by Gasteiger charge is 2.39. The third kappa shape index (κ3) is 6.10. The van der Waals surface area contributed by atoms with E-state index in [0.717, 1.165) is 4.68 Å². The van der Waals surface area contributed by atoms with Gasteiger partial charge in [-0.3, -0.25) is 4.57 Å². The van der Waals surface area contributed by atoms with Crippen molar-refractivity contribution in [2.24, 2.45) is 5.73 Å². The van der Waals surface area contributed by atoms with Crippen molar-refractivity contribution >= 4 is 17.7 Å². The molecule has 12 nitrogen and oxygen atoms in total. The molecule has 0 bridgehead atoms. The van der Waals surface area contributed by atoms with Gasteiger partial charge in [-0.1, -0.05) is 23.7 Å². The van der Waals surface area contributed by atoms with Crippen molar-refractivity contribution in [3.63, 3.8) is 0 Å². The minimum atomic E-state index is -4.97. The average molecular weight is 582 g/mol. The number of amides is 1. The van der Waals surface area contributed by atoms with E-state index in [1.807, 2.05) is 0 Å². The molecule has 4 aromatic rings. The van der Waals surface area contributed by atoms with Crippen LogP contribution in [0.2, 0.25) is 5.02 Å². The lowest BCUT2D eigenvalue weighted by Gasteiger charge is -2.15. The summed E-state index contributed by atoms with van der Waals surface area (Å²) in [4.78, 5) is 29.0. The van der Waals surface area contributed by atoms with Gasteiger partial charge in [0.2, 0.25) is 0 Å². The number of carbonyl (C=O) groups is 1. The second-order valence-corrected chi connectivity index (χ2v) is 8.92. The molecule has 16 heteroatoms. The summed E-state index contributed by atoms with van der Waals surface area (Å²) in [5, 5.41) is 18.7. The molecule has 2 atom stereocenters. The maximum atomic E-state index is 13.2. The summed E-state index contributed by atoms with van der Waals surface area (Å²) in [6, 6.07) is 12.7. The number of methoxy groups -OCH3 is 1. The highest BCUT2D eigenvalue weighted by atomic mass is 35.5. The maximum absolute atomic E-state index is 13.2. The molecule has 2 heterocycles. The number of halogens is 4. The number of nitrogens with two attached hydrogens (primary N) is 1. The Hall–Kier alpha value is -4.37. The van der Waals surface area contributed by atoms with E-state index >= 15 is 0 Å². The molecule has 0 radical (unpaired) electrons. The predicted octanol–water partition coefficient (Wildman–Crippen LogP) is 3.08. The summed E-state index contributed by atoms with van der Waals surface area (Å²) < 4.78 is 52.8. The van der Waals surface area contributed by atoms with Gasteiger partial charge < -0.3 is 20.3 Å². The first-order valence-corrected chi connectivity index (χ1v) is 12.0. The van der Waals surface area contributed by atoms with Gasteiger partial charge in [-0.15, -0.1) is 10.2 Å². The molecule has 4 rings (SSSR count). The lowest BCUT2D eigenvalue weighted by molar-refractivity contribution is -0.207. The van der Waals surface area contributed by atoms with Crippen molar-refractivity contribution in [2.75, 3.05) is 7.11 Å². The first-order valence-electron chi connectivity index (χ1n) is 11.6. The smallest absolute Gasteiger partial charge is 0.416 e. The molecule has 212 valence electrons. The molecule has 0 aliphatic rings. The third-order valence-corrected chi connectivity index (χ3v) is 5.95. The average Bonchev–Trinajstić information content (AvgIpc) is 3.45. The summed E-state index contributed by atoms with van der Waals surface area (Å²) in [6.07, 6.45) is -9.84. The number of aromatic nitrogens is 6. The Kier molecular flexibility index (Phi) is 8.16. The van der Waals surface area contributed by atoms with E-state index in [1.54, 1.807) is 24.3 Å². The second-order valence-electron chi connectivity index (χ2n) is 8.49. The van der Waals surface area contributed by atoms with E-state index in [1.165, 1.54) is 43.0 Å². The summed E-state index contributed by atoms with van der Waals surface area (Å²) in [5.74, 6) is 0.390. The molecule has 2 aromatic carbocycles. The van der Waals surface area contributed by atoms with Gasteiger partial charge in [-0.05, 0) is 43.3 Å². The normalized spacial score (nSPS) is 13.2. The number of para-hydroxylation sites is 2. The minimum Gasteiger partial charge on any atom is -0.494 e. The highest BCUT2D eigenvalue weighted by molar-refractivity contribution is 6.30. The number of carbonyl (C=O) groups excluding carboxylic acids is 1. The molecule has 0 aliphatic carbocycles. The topological polar surface area (TPSA) is 152 Å². The molecular weight excluding hydrogens is 559 g/mol. The Morgan fingerprint density at radius 1 is 1.15 bits per heavy atom. The predicted molar refractivity (Wildman–Crippen MR) is 135 cm³/mol. The molecular formula is C24H23ClF3N7O5. The molecule has 1 amide bonds. The molecule has 0 saturated heterocycles. The van der Waals surface area contributed by atoms with Crippen molar-refractivity contribution < 1.29 is 32.5 Å². The van der Waals surface area contributed by atoms with Gasteiger partial charge in [0, 0.05) is 10.6 Å². The van der Waals surface area contributed by atoms with Gasteiger partial charge in [-0.2, -0.15) is 13.2 Å². The monoisotopic (exact) mass is 581 g/mol. The van der Waals surface area contributed by atoms with E-state index in [9.17, 15) is 27.9 Å². The first kappa shape index (κ1) is 28.6. The van der Waals surface area contributed by atoms with Gasteiger partial charge in [-0.25, -0.2) is 23.9 Å². The number of ether oxygens (including phenoxy) is 2. The van der Waals surface area contributed by atoms with Crippen LogP contribution in [-0.4, -0.2) is 59.7 Å². The third-order valence-electron chi connectivity index (χ3n) is 5.70. The number of nitrogens with zero attached hydrogens (tertiary/aromatic N) is 6. The number of alkyl halides is 3. The van der Waals surface area contributed by atoms with Crippen LogP contribution in [0.1, 0.15) is 24.7 Å². The van der Waals surface area contributed by atoms with E-state index in [2.05, 4.69) is 15.2 Å². The highest BCUT2D eigenvalue weighted by Crippen LogP contribution is 2.27. The summed E-state index contributed by atoms with van der Waals surface area (Å²) in [6.45, 7) is 0.0214. The Bertz CT molecular complexity index is 1570. The van der Waals surface area contributed by atoms with Crippen LogP contribution in [-0.2, 0) is 17.8 Å². The Morgan fingerprint density at radius 2 is 1.82 bits per heavy atom. The number of aliphatic hydroxyl groups is 1. The van der Waals surface area contributed by atoms with Crippen molar-refractivity contribution in [3.8, 4) is 22.8 Å². The fourth-order valence-electron chi connectivity index (χ4n) is 3.84. The molecule has 3 N–H and O–H groups in total. The van der Waals surface area contributed by atoms with Crippen molar-refractivity contribution in [1.29, 1.82) is 0 Å². The Balaban J connectivity index is 1.80. The second kappa shape index (κ2) is 11.4. The SMILES string of the molecule is COc1ccccc1-n1nc(Cn2nc(-c3ccc(Cl)cc3)n(C[C@H](O)C(F)(F)F)c2=O)nc1C(C)OC(N)=O. The molecule has 0 fully saturated rings. The van der Waals surface area contributed by atoms with E-state index in [4.69, 9.17) is 26.8 Å². The standard InChI is InChI=1S/C24H23ClF3N7O5/c1-13(40-22(29)37)20-30-19(31-35(20)16-5-3-4-6-17(16)39-2)12-34-23(38)33(11-18(36)24(26,27)28)21(32-34)14-7-9-15(25)10-8-14/h3-10,13,18,36H,11-12H2,1-2H3,(H2,29,37)/t13?,18-/m0/s1. The van der Waals surface area contributed by atoms with Gasteiger partial charge >= 0.3 is 18.0 Å². The van der Waals surface area contributed by atoms with E-state index in [-0.39, 0.29) is 29.6 Å². The van der Waals surface area contributed by atoms with Crippen LogP contribution in [0, 0.1) is 0 Å². The van der Waals surface area contributed by atoms with E-state index in [0.29, 0.717) is 21.0 Å². The van der Waals surface area contributed by atoms with Gasteiger partial charge in [0.25, 0.3) is 0 Å². The first-order chi connectivity index (χ1) is 18.9. The number of benzene rings is 2. The van der Waals surface area contributed by atoms with Crippen LogP contribution in [0.3, 0.4) is 0 Å². The maximum Gasteiger partial charge on any atom is 0.416 e. The van der Waals surface area contributed by atoms with Crippen LogP contribution < -0.4 is 16.2 Å². The van der Waals surface area contributed by atoms with Crippen LogP contribution in [0.15, 0.2) is 53.3 Å². The fraction of sp³-hybridized carbons (Fsp3) is 0.292. The van der Waals surface area contributed by atoms with Crippen LogP contribution in [0.5, 0.6) is 5.75 Å². The minimum absolute atomic E-state index is 0.00611. The zero-order chi connectivity index (χ0) is 29.2. The molecule has 0 spiro atoms.